The summed E-state index contributed by atoms with van der Waals surface area (Å²) < 4.78 is 8.77. The summed E-state index contributed by atoms with van der Waals surface area (Å²) in [6.45, 7) is 0. The maximum atomic E-state index is 6.41. The monoisotopic (exact) mass is 690 g/mol. The predicted molar refractivity (Wildman–Crippen MR) is 221 cm³/mol. The van der Waals surface area contributed by atoms with E-state index in [0.29, 0.717) is 17.5 Å². The lowest BCUT2D eigenvalue weighted by atomic mass is 9.96. The number of nitrogens with zero attached hydrogens (tertiary/aromatic N) is 4. The van der Waals surface area contributed by atoms with E-state index in [9.17, 15) is 0 Å². The molecule has 0 radical (unpaired) electrons. The summed E-state index contributed by atoms with van der Waals surface area (Å²) in [6.07, 6.45) is 0. The Balaban J connectivity index is 1.23. The summed E-state index contributed by atoms with van der Waals surface area (Å²) in [6, 6.07) is 63.3. The van der Waals surface area contributed by atoms with Crippen molar-refractivity contribution in [2.75, 3.05) is 0 Å². The van der Waals surface area contributed by atoms with Crippen molar-refractivity contribution < 1.29 is 4.42 Å². The normalized spacial score (nSPS) is 11.7. The van der Waals surface area contributed by atoms with E-state index in [-0.39, 0.29) is 0 Å². The molecule has 11 rings (SSSR count). The van der Waals surface area contributed by atoms with Crippen LogP contribution in [0, 0.1) is 0 Å². The second-order valence-electron chi connectivity index (χ2n) is 13.7. The van der Waals surface area contributed by atoms with Gasteiger partial charge in [-0.1, -0.05) is 127 Å². The molecule has 0 atom stereocenters. The Kier molecular flexibility index (Phi) is 6.79. The van der Waals surface area contributed by atoms with Crippen LogP contribution in [-0.2, 0) is 0 Å². The van der Waals surface area contributed by atoms with Crippen LogP contribution in [0.25, 0.3) is 105 Å². The van der Waals surface area contributed by atoms with Crippen molar-refractivity contribution in [2.45, 2.75) is 0 Å². The van der Waals surface area contributed by atoms with Gasteiger partial charge in [0.1, 0.15) is 11.2 Å². The van der Waals surface area contributed by atoms with Gasteiger partial charge in [-0.2, -0.15) is 0 Å². The fraction of sp³-hybridized carbons (Fsp3) is 0. The summed E-state index contributed by atoms with van der Waals surface area (Å²) >= 11 is 0. The quantitative estimate of drug-likeness (QED) is 0.180. The molecule has 0 aliphatic carbocycles. The Labute approximate surface area is 310 Å². The number of para-hydroxylation sites is 2. The fourth-order valence-electron chi connectivity index (χ4n) is 7.87. The van der Waals surface area contributed by atoms with Crippen molar-refractivity contribution >= 4 is 54.5 Å². The Morgan fingerprint density at radius 2 is 0.963 bits per heavy atom. The number of aromatic nitrogens is 4. The van der Waals surface area contributed by atoms with Crippen molar-refractivity contribution in [3.05, 3.63) is 182 Å². The van der Waals surface area contributed by atoms with Crippen molar-refractivity contribution in [1.82, 2.24) is 19.5 Å². The number of furan rings is 1. The molecule has 3 aromatic heterocycles. The topological polar surface area (TPSA) is 56.7 Å². The van der Waals surface area contributed by atoms with Gasteiger partial charge < -0.3 is 8.98 Å². The first-order valence-corrected chi connectivity index (χ1v) is 18.1. The number of hydrogen-bond donors (Lipinski definition) is 0. The first-order chi connectivity index (χ1) is 26.7. The molecule has 252 valence electrons. The molecule has 0 saturated carbocycles. The van der Waals surface area contributed by atoms with E-state index in [1.807, 2.05) is 36.4 Å². The Bertz CT molecular complexity index is 3140. The Hall–Kier alpha value is -7.37. The fourth-order valence-corrected chi connectivity index (χ4v) is 7.87. The molecule has 3 heterocycles. The van der Waals surface area contributed by atoms with Crippen molar-refractivity contribution in [3.8, 4) is 51.0 Å². The van der Waals surface area contributed by atoms with Gasteiger partial charge >= 0.3 is 0 Å². The lowest BCUT2D eigenvalue weighted by molar-refractivity contribution is 0.669. The summed E-state index contributed by atoms with van der Waals surface area (Å²) in [5, 5.41) is 6.74. The third kappa shape index (κ3) is 4.90. The number of fused-ring (bicyclic) bond motifs is 7. The van der Waals surface area contributed by atoms with E-state index < -0.39 is 0 Å². The van der Waals surface area contributed by atoms with Crippen LogP contribution in [-0.4, -0.2) is 19.5 Å². The molecule has 5 heteroatoms. The second kappa shape index (κ2) is 12.1. The number of benzene rings is 8. The minimum atomic E-state index is 0.617. The first kappa shape index (κ1) is 30.3. The third-order valence-electron chi connectivity index (χ3n) is 10.4. The average Bonchev–Trinajstić information content (AvgIpc) is 3.78. The van der Waals surface area contributed by atoms with Crippen LogP contribution in [0.3, 0.4) is 0 Å². The zero-order valence-corrected chi connectivity index (χ0v) is 29.0. The summed E-state index contributed by atoms with van der Waals surface area (Å²) in [5.41, 5.74) is 9.94. The highest BCUT2D eigenvalue weighted by Crippen LogP contribution is 2.42. The lowest BCUT2D eigenvalue weighted by Crippen LogP contribution is -2.01. The molecule has 11 aromatic rings. The molecule has 0 saturated heterocycles. The van der Waals surface area contributed by atoms with Gasteiger partial charge in [-0.3, -0.25) is 0 Å². The van der Waals surface area contributed by atoms with Gasteiger partial charge in [0, 0.05) is 43.9 Å². The molecule has 0 amide bonds. The highest BCUT2D eigenvalue weighted by atomic mass is 16.3. The van der Waals surface area contributed by atoms with Crippen molar-refractivity contribution in [2.24, 2.45) is 0 Å². The van der Waals surface area contributed by atoms with Gasteiger partial charge in [0.15, 0.2) is 17.5 Å². The minimum absolute atomic E-state index is 0.617. The van der Waals surface area contributed by atoms with E-state index in [1.165, 1.54) is 5.39 Å². The maximum absolute atomic E-state index is 6.41. The van der Waals surface area contributed by atoms with Crippen molar-refractivity contribution in [1.29, 1.82) is 0 Å². The highest BCUT2D eigenvalue weighted by Gasteiger charge is 2.22. The smallest absolute Gasteiger partial charge is 0.164 e. The molecule has 0 aliphatic rings. The van der Waals surface area contributed by atoms with Crippen LogP contribution in [0.1, 0.15) is 0 Å². The average molecular weight is 691 g/mol. The molecule has 0 aliphatic heterocycles. The van der Waals surface area contributed by atoms with Gasteiger partial charge in [-0.15, -0.1) is 0 Å². The summed E-state index contributed by atoms with van der Waals surface area (Å²) in [5.74, 6) is 1.87. The van der Waals surface area contributed by atoms with E-state index in [4.69, 9.17) is 19.4 Å². The van der Waals surface area contributed by atoms with Gasteiger partial charge in [-0.25, -0.2) is 15.0 Å². The van der Waals surface area contributed by atoms with Gasteiger partial charge in [0.05, 0.1) is 11.0 Å². The van der Waals surface area contributed by atoms with Crippen LogP contribution in [0.15, 0.2) is 186 Å². The van der Waals surface area contributed by atoms with Crippen LogP contribution < -0.4 is 0 Å². The van der Waals surface area contributed by atoms with Gasteiger partial charge in [-0.05, 0) is 76.5 Å². The minimum Gasteiger partial charge on any atom is -0.456 e. The Morgan fingerprint density at radius 3 is 1.69 bits per heavy atom. The van der Waals surface area contributed by atoms with E-state index in [1.54, 1.807) is 0 Å². The summed E-state index contributed by atoms with van der Waals surface area (Å²) in [4.78, 5) is 15.5. The molecule has 0 fully saturated rings. The number of rotatable bonds is 5. The molecular weight excluding hydrogens is 661 g/mol. The second-order valence-corrected chi connectivity index (χ2v) is 13.7. The van der Waals surface area contributed by atoms with Crippen LogP contribution in [0.4, 0.5) is 0 Å². The zero-order chi connectivity index (χ0) is 35.6. The molecule has 0 unspecified atom stereocenters. The molecule has 0 bridgehead atoms. The van der Waals surface area contributed by atoms with Crippen LogP contribution in [0.2, 0.25) is 0 Å². The predicted octanol–water partition coefficient (Wildman–Crippen LogP) is 12.7. The lowest BCUT2D eigenvalue weighted by Gasteiger charge is -2.13. The molecule has 5 nitrogen and oxygen atoms in total. The van der Waals surface area contributed by atoms with Crippen molar-refractivity contribution in [3.63, 3.8) is 0 Å². The van der Waals surface area contributed by atoms with E-state index in [0.717, 1.165) is 82.6 Å². The largest absolute Gasteiger partial charge is 0.456 e. The molecule has 0 N–H and O–H groups in total. The van der Waals surface area contributed by atoms with Gasteiger partial charge in [0.2, 0.25) is 0 Å². The Morgan fingerprint density at radius 1 is 0.370 bits per heavy atom. The van der Waals surface area contributed by atoms with Gasteiger partial charge in [0.25, 0.3) is 0 Å². The highest BCUT2D eigenvalue weighted by molar-refractivity contribution is 6.17. The molecule has 54 heavy (non-hydrogen) atoms. The SMILES string of the molecule is c1ccc(-c2nc(-c3ccccc3)nc(-c3cc(-c4ccc5oc6cc7ccccc7cc6c5c4)cc4c3c3ccccc3n4-c3ccccc3)n2)cc1. The summed E-state index contributed by atoms with van der Waals surface area (Å²) in [7, 11) is 0. The number of hydrogen-bond acceptors (Lipinski definition) is 4. The van der Waals surface area contributed by atoms with E-state index >= 15 is 0 Å². The molecule has 8 aromatic carbocycles. The first-order valence-electron chi connectivity index (χ1n) is 18.1. The third-order valence-corrected chi connectivity index (χ3v) is 10.4. The standard InChI is InChI=1S/C49H30N4O/c1-4-14-31(15-5-1)47-50-48(32-16-6-2-7-17-32)52-49(51-47)41-28-36(29-43-46(41)38-22-12-13-23-42(38)53(43)37-20-8-3-9-21-37)35-24-25-44-39(27-35)40-26-33-18-10-11-19-34(33)30-45(40)54-44/h1-30H. The van der Waals surface area contributed by atoms with Crippen LogP contribution >= 0.6 is 0 Å². The zero-order valence-electron chi connectivity index (χ0n) is 29.0. The maximum Gasteiger partial charge on any atom is 0.164 e. The van der Waals surface area contributed by atoms with Crippen LogP contribution in [0.5, 0.6) is 0 Å². The molecular formula is C49H30N4O. The van der Waals surface area contributed by atoms with E-state index in [2.05, 4.69) is 150 Å². The molecule has 0 spiro atoms.